The zero-order valence-corrected chi connectivity index (χ0v) is 16.9. The molecule has 1 fully saturated rings. The summed E-state index contributed by atoms with van der Waals surface area (Å²) in [6.45, 7) is 3.53. The smallest absolute Gasteiger partial charge is 0.292 e. The van der Waals surface area contributed by atoms with Crippen LogP contribution in [0.1, 0.15) is 5.56 Å². The zero-order valence-electron chi connectivity index (χ0n) is 16.1. The Morgan fingerprint density at radius 2 is 1.87 bits per heavy atom. The normalized spacial score (nSPS) is 13.9. The van der Waals surface area contributed by atoms with Gasteiger partial charge in [-0.25, -0.2) is 0 Å². The summed E-state index contributed by atoms with van der Waals surface area (Å²) in [7, 11) is 0. The minimum absolute atomic E-state index is 0.0534. The van der Waals surface area contributed by atoms with Crippen molar-refractivity contribution < 1.29 is 4.92 Å². The number of nitrogens with one attached hydrogen (secondary N) is 1. The maximum Gasteiger partial charge on any atom is 0.292 e. The first-order chi connectivity index (χ1) is 14.6. The van der Waals surface area contributed by atoms with Gasteiger partial charge in [0.15, 0.2) is 11.0 Å². The second-order valence-corrected chi connectivity index (χ2v) is 7.25. The molecule has 30 heavy (non-hydrogen) atoms. The SMILES string of the molecule is O=[N+]([O-])c1ccc(N2CCN(c3ccc(Cl)nn3)CC2)cc1NCc1cccnc1. The molecule has 4 rings (SSSR count). The van der Waals surface area contributed by atoms with Crippen LogP contribution in [0.15, 0.2) is 54.9 Å². The van der Waals surface area contributed by atoms with Crippen LogP contribution in [0, 0.1) is 10.1 Å². The lowest BCUT2D eigenvalue weighted by Gasteiger charge is -2.36. The highest BCUT2D eigenvalue weighted by molar-refractivity contribution is 6.29. The monoisotopic (exact) mass is 425 g/mol. The molecule has 0 saturated carbocycles. The molecule has 0 bridgehead atoms. The highest BCUT2D eigenvalue weighted by atomic mass is 35.5. The third-order valence-electron chi connectivity index (χ3n) is 4.97. The number of halogens is 1. The van der Waals surface area contributed by atoms with Crippen LogP contribution in [0.5, 0.6) is 0 Å². The number of aromatic nitrogens is 3. The molecule has 0 aliphatic carbocycles. The highest BCUT2D eigenvalue weighted by Crippen LogP contribution is 2.31. The Hall–Kier alpha value is -3.46. The molecule has 1 saturated heterocycles. The van der Waals surface area contributed by atoms with Gasteiger partial charge >= 0.3 is 0 Å². The number of rotatable bonds is 6. The van der Waals surface area contributed by atoms with Crippen molar-refractivity contribution in [3.63, 3.8) is 0 Å². The van der Waals surface area contributed by atoms with Crippen molar-refractivity contribution in [3.05, 3.63) is 75.7 Å². The van der Waals surface area contributed by atoms with Crippen LogP contribution >= 0.6 is 11.6 Å². The summed E-state index contributed by atoms with van der Waals surface area (Å²) in [5, 5.41) is 23.0. The number of anilines is 3. The third kappa shape index (κ3) is 4.57. The molecule has 0 amide bonds. The Labute approximate surface area is 178 Å². The molecule has 1 aliphatic rings. The van der Waals surface area contributed by atoms with E-state index in [0.717, 1.165) is 43.2 Å². The predicted molar refractivity (Wildman–Crippen MR) is 116 cm³/mol. The summed E-state index contributed by atoms with van der Waals surface area (Å²) >= 11 is 5.81. The first-order valence-corrected chi connectivity index (χ1v) is 9.88. The zero-order chi connectivity index (χ0) is 20.9. The van der Waals surface area contributed by atoms with E-state index in [2.05, 4.69) is 30.3 Å². The van der Waals surface area contributed by atoms with Gasteiger partial charge in [0.1, 0.15) is 5.69 Å². The maximum atomic E-state index is 11.5. The van der Waals surface area contributed by atoms with E-state index in [0.29, 0.717) is 17.4 Å². The van der Waals surface area contributed by atoms with E-state index in [4.69, 9.17) is 11.6 Å². The summed E-state index contributed by atoms with van der Waals surface area (Å²) in [6.07, 6.45) is 3.43. The lowest BCUT2D eigenvalue weighted by Crippen LogP contribution is -2.46. The quantitative estimate of drug-likeness (QED) is 0.474. The van der Waals surface area contributed by atoms with Gasteiger partial charge in [-0.2, -0.15) is 0 Å². The van der Waals surface area contributed by atoms with E-state index in [1.165, 1.54) is 0 Å². The van der Waals surface area contributed by atoms with E-state index in [-0.39, 0.29) is 10.6 Å². The van der Waals surface area contributed by atoms with Gasteiger partial charge in [-0.1, -0.05) is 17.7 Å². The fraction of sp³-hybridized carbons (Fsp3) is 0.250. The third-order valence-corrected chi connectivity index (χ3v) is 5.17. The number of nitro benzene ring substituents is 1. The van der Waals surface area contributed by atoms with Gasteiger partial charge in [0.05, 0.1) is 4.92 Å². The fourth-order valence-electron chi connectivity index (χ4n) is 3.39. The average Bonchev–Trinajstić information content (AvgIpc) is 2.79. The molecule has 9 nitrogen and oxygen atoms in total. The molecule has 154 valence electrons. The fourth-order valence-corrected chi connectivity index (χ4v) is 3.49. The molecule has 1 aliphatic heterocycles. The van der Waals surface area contributed by atoms with Crippen molar-refractivity contribution in [1.29, 1.82) is 0 Å². The van der Waals surface area contributed by atoms with Crippen molar-refractivity contribution in [2.24, 2.45) is 0 Å². The summed E-state index contributed by atoms with van der Waals surface area (Å²) in [5.41, 5.74) is 2.44. The molecule has 0 radical (unpaired) electrons. The number of nitro groups is 1. The van der Waals surface area contributed by atoms with E-state index in [1.54, 1.807) is 30.6 Å². The molecular formula is C20H20ClN7O2. The largest absolute Gasteiger partial charge is 0.375 e. The van der Waals surface area contributed by atoms with E-state index in [9.17, 15) is 10.1 Å². The average molecular weight is 426 g/mol. The van der Waals surface area contributed by atoms with Crippen LogP contribution in [0.2, 0.25) is 5.15 Å². The van der Waals surface area contributed by atoms with Gasteiger partial charge in [0, 0.05) is 56.9 Å². The van der Waals surface area contributed by atoms with Crippen LogP contribution in [0.25, 0.3) is 0 Å². The van der Waals surface area contributed by atoms with E-state index >= 15 is 0 Å². The number of hydrogen-bond donors (Lipinski definition) is 1. The molecule has 1 N–H and O–H groups in total. The molecule has 0 unspecified atom stereocenters. The second kappa shape index (κ2) is 8.91. The second-order valence-electron chi connectivity index (χ2n) is 6.86. The van der Waals surface area contributed by atoms with Gasteiger partial charge in [0.2, 0.25) is 0 Å². The Kier molecular flexibility index (Phi) is 5.89. The number of piperazine rings is 1. The number of nitrogens with zero attached hydrogens (tertiary/aromatic N) is 6. The van der Waals surface area contributed by atoms with Crippen LogP contribution in [0.4, 0.5) is 22.9 Å². The number of pyridine rings is 1. The summed E-state index contributed by atoms with van der Waals surface area (Å²) in [5.74, 6) is 0.793. The lowest BCUT2D eigenvalue weighted by atomic mass is 10.2. The van der Waals surface area contributed by atoms with Gasteiger partial charge < -0.3 is 15.1 Å². The Bertz CT molecular complexity index is 1010. The first kappa shape index (κ1) is 19.8. The Morgan fingerprint density at radius 3 is 2.53 bits per heavy atom. The molecular weight excluding hydrogens is 406 g/mol. The van der Waals surface area contributed by atoms with Crippen molar-refractivity contribution in [3.8, 4) is 0 Å². The van der Waals surface area contributed by atoms with Crippen LogP contribution in [-0.2, 0) is 6.54 Å². The Balaban J connectivity index is 1.46. The van der Waals surface area contributed by atoms with Crippen LogP contribution in [0.3, 0.4) is 0 Å². The maximum absolute atomic E-state index is 11.5. The molecule has 1 aromatic carbocycles. The molecule has 0 spiro atoms. The summed E-state index contributed by atoms with van der Waals surface area (Å²) < 4.78 is 0. The standard InChI is InChI=1S/C20H20ClN7O2/c21-19-5-6-20(25-24-19)27-10-8-26(9-11-27)16-3-4-18(28(29)30)17(12-16)23-14-15-2-1-7-22-13-15/h1-7,12-13,23H,8-11,14H2. The molecule has 3 aromatic rings. The van der Waals surface area contributed by atoms with Crippen molar-refractivity contribution in [2.75, 3.05) is 41.3 Å². The van der Waals surface area contributed by atoms with Gasteiger partial charge in [-0.3, -0.25) is 15.1 Å². The van der Waals surface area contributed by atoms with Gasteiger partial charge in [0.25, 0.3) is 5.69 Å². The van der Waals surface area contributed by atoms with Crippen molar-refractivity contribution in [1.82, 2.24) is 15.2 Å². The van der Waals surface area contributed by atoms with Crippen molar-refractivity contribution in [2.45, 2.75) is 6.54 Å². The molecule has 10 heteroatoms. The van der Waals surface area contributed by atoms with Crippen LogP contribution in [-0.4, -0.2) is 46.3 Å². The number of hydrogen-bond acceptors (Lipinski definition) is 8. The minimum Gasteiger partial charge on any atom is -0.375 e. The highest BCUT2D eigenvalue weighted by Gasteiger charge is 2.21. The van der Waals surface area contributed by atoms with Crippen molar-refractivity contribution >= 4 is 34.5 Å². The van der Waals surface area contributed by atoms with E-state index in [1.807, 2.05) is 24.3 Å². The topological polar surface area (TPSA) is 100 Å². The Morgan fingerprint density at radius 1 is 1.07 bits per heavy atom. The van der Waals surface area contributed by atoms with Crippen LogP contribution < -0.4 is 15.1 Å². The predicted octanol–water partition coefficient (Wildman–Crippen LogP) is 3.37. The minimum atomic E-state index is -0.369. The van der Waals surface area contributed by atoms with Gasteiger partial charge in [-0.15, -0.1) is 10.2 Å². The first-order valence-electron chi connectivity index (χ1n) is 9.50. The van der Waals surface area contributed by atoms with E-state index < -0.39 is 0 Å². The molecule has 0 atom stereocenters. The summed E-state index contributed by atoms with van der Waals surface area (Å²) in [6, 6.07) is 12.5. The number of benzene rings is 1. The van der Waals surface area contributed by atoms with Gasteiger partial charge in [-0.05, 0) is 35.9 Å². The summed E-state index contributed by atoms with van der Waals surface area (Å²) in [4.78, 5) is 19.5. The molecule has 2 aromatic heterocycles. The molecule has 3 heterocycles. The lowest BCUT2D eigenvalue weighted by molar-refractivity contribution is -0.384.